The highest BCUT2D eigenvalue weighted by Crippen LogP contribution is 2.44. The number of methoxy groups -OCH3 is 7. The van der Waals surface area contributed by atoms with Crippen LogP contribution >= 0.6 is 59.3 Å². The first kappa shape index (κ1) is 109. The Balaban J connectivity index is 0.000000223. The summed E-state index contributed by atoms with van der Waals surface area (Å²) < 4.78 is 41.3. The van der Waals surface area contributed by atoms with Crippen LogP contribution in [0.25, 0.3) is 0 Å². The number of benzene rings is 9. The maximum absolute atomic E-state index is 14.2. The van der Waals surface area contributed by atoms with Crippen LogP contribution in [-0.4, -0.2) is 172 Å². The molecule has 740 valence electrons. The number of non-ortho nitro benzene ring substituents is 4. The summed E-state index contributed by atoms with van der Waals surface area (Å²) in [6.45, 7) is 9.59. The number of nitrogens with two attached hydrogens (primary N) is 3. The zero-order valence-electron chi connectivity index (χ0n) is 78.6. The lowest BCUT2D eigenvalue weighted by Crippen LogP contribution is -2.48. The number of nitrogens with one attached hydrogen (secondary N) is 4. The van der Waals surface area contributed by atoms with Gasteiger partial charge in [0.2, 0.25) is 5.91 Å². The molecule has 4 aliphatic rings. The fourth-order valence-electron chi connectivity index (χ4n) is 14.5. The number of thioether (sulfide) groups is 4. The molecule has 0 saturated carbocycles. The van der Waals surface area contributed by atoms with Gasteiger partial charge >= 0.3 is 30.0 Å². The van der Waals surface area contributed by atoms with Crippen molar-refractivity contribution in [3.05, 3.63) is 337 Å². The third-order valence-corrected chi connectivity index (χ3v) is 25.3. The standard InChI is InChI=1S/C38H44N6O7S.C28H24N4O9S.C21H21N3O5S.C9H12N2OS.CH4N2S/c1-25-34(36(46)51-4)35(29-11-13-32(14-12-29)44(48)49)43(38(40-25)52-24-27-9-15-33(50-3)16-10-27)37(47)39-19-6-20-42-21-17-28(18-22-42)30-7-5-8-31(23-30)41-26(2)45;1-17-24(26(33)40-3)25(19-6-8-20(9-7-19)31(35)36)30(28(34)41-23-14-10-21(11-15-23)32(37)38)27(29-17)42-16-18-4-12-22(39-2)13-5-18;1-13-18(20(25)29-3)19(15-6-8-16(9-7-15)24(26)27)23-21(22-13)30-12-14-4-10-17(28-2)11-5-14;1-12-8-4-2-7(3-5-8)6-13-9(10)11;2-1(3)4/h5,7-16,23,28,35H,6,17-22,24H2,1-4H3,(H,39,47)(H,41,45);4-15,25H,16H2,1-3H3;4-11,19H,12H2,1-3H3,(H,22,23);2-5H,6H2,1H3,(H3,10,11);(H4,2,3,4). The molecule has 0 aromatic heterocycles. The van der Waals surface area contributed by atoms with E-state index in [1.54, 1.807) is 85.6 Å². The molecule has 3 unspecified atom stereocenters. The van der Waals surface area contributed by atoms with Gasteiger partial charge in [-0.1, -0.05) is 108 Å². The summed E-state index contributed by atoms with van der Waals surface area (Å²) in [5.41, 5.74) is 23.5. The van der Waals surface area contributed by atoms with Gasteiger partial charge in [-0.25, -0.2) is 43.8 Å². The van der Waals surface area contributed by atoms with Crippen molar-refractivity contribution in [3.63, 3.8) is 0 Å². The van der Waals surface area contributed by atoms with Gasteiger partial charge in [0.15, 0.2) is 25.8 Å². The highest BCUT2D eigenvalue weighted by Gasteiger charge is 2.44. The number of nitro benzene ring substituents is 4. The Kier molecular flexibility index (Phi) is 42.0. The molecule has 1 fully saturated rings. The van der Waals surface area contributed by atoms with Gasteiger partial charge in [0.25, 0.3) is 22.7 Å². The van der Waals surface area contributed by atoms with E-state index in [0.29, 0.717) is 85.9 Å². The number of amidine groups is 4. The van der Waals surface area contributed by atoms with Gasteiger partial charge in [0.05, 0.1) is 104 Å². The van der Waals surface area contributed by atoms with Crippen LogP contribution in [-0.2, 0) is 56.4 Å². The molecule has 0 spiro atoms. The van der Waals surface area contributed by atoms with Gasteiger partial charge in [-0.2, -0.15) is 0 Å². The summed E-state index contributed by atoms with van der Waals surface area (Å²) in [5.74, 6) is 3.72. The molecule has 10 N–H and O–H groups in total. The number of carbonyl (C=O) groups excluding carboxylic acids is 6. The molecule has 0 aliphatic carbocycles. The SMILES string of the molecule is COC(=O)C1=C(C)N=C(SCc2ccc(OC)cc2)N(C(=O)NCCCN2CCC(c3cccc(NC(C)=O)c3)CC2)C1c1ccc([N+](=O)[O-])cc1.COC(=O)C1=C(C)N=C(SCc2ccc(OC)cc2)N(C(=O)Oc2ccc([N+](=O)[O-])cc2)C1c1ccc([N+](=O)[O-])cc1.COC(=O)C1=C(C)NC(SCc2ccc(OC)cc2)=NC1c1ccc([N+](=O)[O-])cc1.COc1ccc(CSC(=N)N)cc1.NC(N)=S. The fraction of sp³-hybridized carbons (Fsp3) is 0.268. The first-order chi connectivity index (χ1) is 67.6. The minimum atomic E-state index is -1.13. The van der Waals surface area contributed by atoms with Crippen molar-refractivity contribution in [1.82, 2.24) is 25.3 Å². The maximum Gasteiger partial charge on any atom is 0.422 e. The Labute approximate surface area is 834 Å². The number of amides is 4. The Hall–Kier alpha value is -15.3. The van der Waals surface area contributed by atoms with Crippen LogP contribution < -0.4 is 56.8 Å². The van der Waals surface area contributed by atoms with Crippen LogP contribution in [0.1, 0.15) is 116 Å². The van der Waals surface area contributed by atoms with Crippen molar-refractivity contribution in [3.8, 4) is 28.7 Å². The van der Waals surface area contributed by atoms with Crippen LogP contribution in [0.2, 0.25) is 0 Å². The third-order valence-electron chi connectivity index (χ3n) is 21.5. The molecular weight excluding hydrogens is 1920 g/mol. The number of carbonyl (C=O) groups is 6. The number of esters is 3. The second kappa shape index (κ2) is 54.2. The number of allylic oxidation sites excluding steroid dienone is 3. The lowest BCUT2D eigenvalue weighted by atomic mass is 9.89. The average molecular weight is 2020 g/mol. The number of piperidine rings is 1. The van der Waals surface area contributed by atoms with Crippen LogP contribution in [0.5, 0.6) is 28.7 Å². The van der Waals surface area contributed by atoms with Crippen LogP contribution in [0, 0.1) is 45.9 Å². The summed E-state index contributed by atoms with van der Waals surface area (Å²) in [4.78, 5) is 140. The predicted molar refractivity (Wildman–Crippen MR) is 547 cm³/mol. The number of likely N-dealkylation sites (tertiary alicyclic amines) is 1. The fourth-order valence-corrected chi connectivity index (χ4v) is 17.9. The first-order valence-corrected chi connectivity index (χ1v) is 47.4. The van der Waals surface area contributed by atoms with E-state index in [2.05, 4.69) is 61.7 Å². The van der Waals surface area contributed by atoms with Crippen molar-refractivity contribution in [2.45, 2.75) is 94.0 Å². The van der Waals surface area contributed by atoms with Gasteiger partial charge in [0, 0.05) is 96.4 Å². The van der Waals surface area contributed by atoms with Crippen molar-refractivity contribution < 1.29 is 86.4 Å². The van der Waals surface area contributed by atoms with Gasteiger partial charge in [-0.3, -0.25) is 55.6 Å². The lowest BCUT2D eigenvalue weighted by molar-refractivity contribution is -0.385. The van der Waals surface area contributed by atoms with Gasteiger partial charge in [-0.15, -0.1) is 0 Å². The van der Waals surface area contributed by atoms with E-state index in [1.807, 2.05) is 97.1 Å². The van der Waals surface area contributed by atoms with E-state index in [0.717, 1.165) is 88.3 Å². The van der Waals surface area contributed by atoms with E-state index in [1.165, 1.54) is 159 Å². The maximum atomic E-state index is 14.2. The van der Waals surface area contributed by atoms with Crippen molar-refractivity contribution in [1.29, 1.82) is 5.41 Å². The summed E-state index contributed by atoms with van der Waals surface area (Å²) in [6, 6.07) is 57.4. The molecule has 4 heterocycles. The number of rotatable bonds is 29. The molecule has 39 nitrogen and oxygen atoms in total. The number of hydrogen-bond donors (Lipinski definition) is 7. The first-order valence-electron chi connectivity index (χ1n) is 43.0. The molecule has 0 radical (unpaired) electrons. The van der Waals surface area contributed by atoms with Gasteiger partial charge in [0.1, 0.15) is 40.8 Å². The Morgan fingerprint density at radius 2 is 0.858 bits per heavy atom. The quantitative estimate of drug-likeness (QED) is 0.00334. The number of ether oxygens (including phenoxy) is 8. The predicted octanol–water partition coefficient (Wildman–Crippen LogP) is 17.4. The van der Waals surface area contributed by atoms with E-state index in [9.17, 15) is 69.2 Å². The Morgan fingerprint density at radius 3 is 1.25 bits per heavy atom. The number of aliphatic imine (C=N–C) groups is 3. The molecule has 13 rings (SSSR count). The number of nitro groups is 4. The molecule has 3 atom stereocenters. The van der Waals surface area contributed by atoms with Crippen LogP contribution in [0.3, 0.4) is 0 Å². The zero-order chi connectivity index (χ0) is 103. The molecule has 141 heavy (non-hydrogen) atoms. The van der Waals surface area contributed by atoms with E-state index in [4.69, 9.17) is 59.0 Å². The Bertz CT molecular complexity index is 6150. The largest absolute Gasteiger partial charge is 0.497 e. The second-order valence-electron chi connectivity index (χ2n) is 30.8. The van der Waals surface area contributed by atoms with Gasteiger partial charge < -0.3 is 75.9 Å². The molecule has 9 aromatic carbocycles. The van der Waals surface area contributed by atoms with E-state index < -0.39 is 67.9 Å². The topological polar surface area (TPSA) is 534 Å². The van der Waals surface area contributed by atoms with E-state index >= 15 is 0 Å². The second-order valence-corrected chi connectivity index (χ2v) is 35.1. The normalized spacial score (nSPS) is 14.9. The monoisotopic (exact) mass is 2020 g/mol. The Morgan fingerprint density at radius 1 is 0.489 bits per heavy atom. The van der Waals surface area contributed by atoms with Crippen LogP contribution in [0.15, 0.2) is 267 Å². The molecule has 0 bridgehead atoms. The molecule has 4 aliphatic heterocycles. The number of anilines is 1. The van der Waals surface area contributed by atoms with Crippen molar-refractivity contribution >= 4 is 149 Å². The highest BCUT2D eigenvalue weighted by atomic mass is 32.2. The summed E-state index contributed by atoms with van der Waals surface area (Å²) >= 11 is 9.46. The van der Waals surface area contributed by atoms with Crippen molar-refractivity contribution in [2.75, 3.05) is 81.3 Å². The summed E-state index contributed by atoms with van der Waals surface area (Å²) in [7, 11) is 10.2. The van der Waals surface area contributed by atoms with Crippen molar-refractivity contribution in [2.24, 2.45) is 32.2 Å². The molecule has 44 heteroatoms. The minimum absolute atomic E-state index is 0.000000000000000222. The summed E-state index contributed by atoms with van der Waals surface area (Å²) in [6.07, 6.45) is 1.75. The van der Waals surface area contributed by atoms with E-state index in [-0.39, 0.29) is 66.7 Å². The minimum Gasteiger partial charge on any atom is -0.497 e. The van der Waals surface area contributed by atoms with Crippen LogP contribution in [0.4, 0.5) is 38.0 Å². The van der Waals surface area contributed by atoms with Gasteiger partial charge in [-0.05, 0) is 232 Å². The number of hydrogen-bond acceptors (Lipinski definition) is 33. The third kappa shape index (κ3) is 32.2. The highest BCUT2D eigenvalue weighted by molar-refractivity contribution is 8.13. The number of nitrogens with zero attached hydrogens (tertiary/aromatic N) is 10. The summed E-state index contributed by atoms with van der Waals surface area (Å²) in [5, 5.41) is 62.2. The molecule has 4 amide bonds. The molecule has 9 aromatic rings. The number of urea groups is 1. The number of thiocarbonyl (C=S) groups is 1. The molecule has 1 saturated heterocycles. The smallest absolute Gasteiger partial charge is 0.422 e. The zero-order valence-corrected chi connectivity index (χ0v) is 82.7. The molecular formula is C97H105N17O22S5. The average Bonchev–Trinajstić information content (AvgIpc) is 0.763. The lowest BCUT2D eigenvalue weighted by Gasteiger charge is -2.36.